The van der Waals surface area contributed by atoms with Gasteiger partial charge in [0.1, 0.15) is 0 Å². The predicted octanol–water partition coefficient (Wildman–Crippen LogP) is 2.01. The number of alkyl halides is 3. The van der Waals surface area contributed by atoms with Crippen LogP contribution in [0, 0.1) is 0 Å². The lowest BCUT2D eigenvalue weighted by molar-refractivity contribution is -0.154. The van der Waals surface area contributed by atoms with Crippen LogP contribution in [0.2, 0.25) is 0 Å². The van der Waals surface area contributed by atoms with Gasteiger partial charge in [-0.3, -0.25) is 4.90 Å². The predicted molar refractivity (Wildman–Crippen MR) is 53.8 cm³/mol. The number of piperidine rings is 1. The van der Waals surface area contributed by atoms with E-state index in [4.69, 9.17) is 0 Å². The van der Waals surface area contributed by atoms with Crippen molar-refractivity contribution in [1.82, 2.24) is 10.2 Å². The van der Waals surface area contributed by atoms with Crippen LogP contribution >= 0.6 is 0 Å². The van der Waals surface area contributed by atoms with Crippen LogP contribution in [-0.2, 0) is 0 Å². The first-order valence-electron chi connectivity index (χ1n) is 5.42. The van der Waals surface area contributed by atoms with E-state index in [0.29, 0.717) is 6.54 Å². The highest BCUT2D eigenvalue weighted by Gasteiger charge is 2.36. The minimum absolute atomic E-state index is 0.0189. The van der Waals surface area contributed by atoms with E-state index in [2.05, 4.69) is 5.32 Å². The summed E-state index contributed by atoms with van der Waals surface area (Å²) < 4.78 is 37.0. The topological polar surface area (TPSA) is 15.3 Å². The Labute approximate surface area is 88.8 Å². The molecule has 1 aliphatic rings. The van der Waals surface area contributed by atoms with E-state index in [0.717, 1.165) is 19.3 Å². The molecule has 1 saturated heterocycles. The first kappa shape index (κ1) is 12.8. The third-order valence-corrected chi connectivity index (χ3v) is 3.08. The maximum atomic E-state index is 12.3. The van der Waals surface area contributed by atoms with Gasteiger partial charge in [-0.15, -0.1) is 0 Å². The highest BCUT2D eigenvalue weighted by Crippen LogP contribution is 2.24. The Kier molecular flexibility index (Phi) is 4.40. The van der Waals surface area contributed by atoms with Gasteiger partial charge in [0.2, 0.25) is 0 Å². The molecule has 0 aromatic heterocycles. The third-order valence-electron chi connectivity index (χ3n) is 3.08. The molecule has 0 aromatic carbocycles. The minimum Gasteiger partial charge on any atom is -0.316 e. The van der Waals surface area contributed by atoms with Crippen molar-refractivity contribution in [2.75, 3.05) is 20.1 Å². The van der Waals surface area contributed by atoms with Crippen molar-refractivity contribution in [3.8, 4) is 0 Å². The first-order chi connectivity index (χ1) is 6.94. The van der Waals surface area contributed by atoms with E-state index >= 15 is 0 Å². The summed E-state index contributed by atoms with van der Waals surface area (Å²) in [6.45, 7) is 1.74. The summed E-state index contributed by atoms with van der Waals surface area (Å²) in [5.74, 6) is 0. The molecule has 1 fully saturated rings. The fourth-order valence-electron chi connectivity index (χ4n) is 2.20. The van der Waals surface area contributed by atoms with Gasteiger partial charge >= 0.3 is 6.18 Å². The summed E-state index contributed by atoms with van der Waals surface area (Å²) in [5, 5.41) is 3.04. The highest BCUT2D eigenvalue weighted by molar-refractivity contribution is 4.85. The van der Waals surface area contributed by atoms with E-state index < -0.39 is 12.7 Å². The number of nitrogens with zero attached hydrogens (tertiary/aromatic N) is 1. The molecule has 15 heavy (non-hydrogen) atoms. The van der Waals surface area contributed by atoms with Crippen LogP contribution in [0.1, 0.15) is 26.2 Å². The second kappa shape index (κ2) is 5.16. The Bertz CT molecular complexity index is 194. The SMILES string of the molecule is CNC(C)C1CCCCN1CC(F)(F)F. The Morgan fingerprint density at radius 3 is 2.60 bits per heavy atom. The fraction of sp³-hybridized carbons (Fsp3) is 1.00. The van der Waals surface area contributed by atoms with Gasteiger partial charge in [0.05, 0.1) is 6.54 Å². The van der Waals surface area contributed by atoms with Crippen LogP contribution in [0.4, 0.5) is 13.2 Å². The Hall–Kier alpha value is -0.290. The van der Waals surface area contributed by atoms with Crippen LogP contribution < -0.4 is 5.32 Å². The van der Waals surface area contributed by atoms with E-state index in [-0.39, 0.29) is 12.1 Å². The van der Waals surface area contributed by atoms with E-state index in [1.54, 1.807) is 11.9 Å². The molecule has 1 aliphatic heterocycles. The molecule has 1 heterocycles. The summed E-state index contributed by atoms with van der Waals surface area (Å²) >= 11 is 0. The van der Waals surface area contributed by atoms with Crippen LogP contribution in [0.15, 0.2) is 0 Å². The molecule has 90 valence electrons. The van der Waals surface area contributed by atoms with E-state index in [1.807, 2.05) is 6.92 Å². The van der Waals surface area contributed by atoms with E-state index in [9.17, 15) is 13.2 Å². The van der Waals surface area contributed by atoms with Crippen molar-refractivity contribution < 1.29 is 13.2 Å². The summed E-state index contributed by atoms with van der Waals surface area (Å²) in [7, 11) is 1.80. The largest absolute Gasteiger partial charge is 0.401 e. The Morgan fingerprint density at radius 1 is 1.40 bits per heavy atom. The van der Waals surface area contributed by atoms with Crippen LogP contribution in [0.3, 0.4) is 0 Å². The second-order valence-corrected chi connectivity index (χ2v) is 4.23. The second-order valence-electron chi connectivity index (χ2n) is 4.23. The quantitative estimate of drug-likeness (QED) is 0.789. The number of likely N-dealkylation sites (tertiary alicyclic amines) is 1. The molecule has 0 aliphatic carbocycles. The highest BCUT2D eigenvalue weighted by atomic mass is 19.4. The Morgan fingerprint density at radius 2 is 2.07 bits per heavy atom. The lowest BCUT2D eigenvalue weighted by atomic mass is 9.96. The number of hydrogen-bond acceptors (Lipinski definition) is 2. The van der Waals surface area contributed by atoms with Gasteiger partial charge in [0.15, 0.2) is 0 Å². The molecule has 1 rings (SSSR count). The summed E-state index contributed by atoms with van der Waals surface area (Å²) in [5.41, 5.74) is 0. The van der Waals surface area contributed by atoms with Crippen molar-refractivity contribution in [3.63, 3.8) is 0 Å². The lowest BCUT2D eigenvalue weighted by Crippen LogP contribution is -2.52. The summed E-state index contributed by atoms with van der Waals surface area (Å²) in [6.07, 6.45) is -1.31. The number of nitrogens with one attached hydrogen (secondary N) is 1. The number of halogens is 3. The maximum absolute atomic E-state index is 12.3. The minimum atomic E-state index is -4.08. The van der Waals surface area contributed by atoms with Gasteiger partial charge in [0, 0.05) is 12.1 Å². The van der Waals surface area contributed by atoms with Crippen LogP contribution in [0.25, 0.3) is 0 Å². The summed E-state index contributed by atoms with van der Waals surface area (Å²) in [6, 6.07) is 0.137. The van der Waals surface area contributed by atoms with Gasteiger partial charge in [0.25, 0.3) is 0 Å². The van der Waals surface area contributed by atoms with Crippen LogP contribution in [-0.4, -0.2) is 43.3 Å². The van der Waals surface area contributed by atoms with Crippen molar-refractivity contribution >= 4 is 0 Å². The smallest absolute Gasteiger partial charge is 0.316 e. The van der Waals surface area contributed by atoms with Gasteiger partial charge < -0.3 is 5.32 Å². The normalized spacial score (nSPS) is 26.6. The average molecular weight is 224 g/mol. The van der Waals surface area contributed by atoms with Gasteiger partial charge in [-0.05, 0) is 33.4 Å². The molecule has 5 heteroatoms. The van der Waals surface area contributed by atoms with Crippen molar-refractivity contribution in [2.24, 2.45) is 0 Å². The zero-order valence-corrected chi connectivity index (χ0v) is 9.27. The lowest BCUT2D eigenvalue weighted by Gasteiger charge is -2.39. The molecular weight excluding hydrogens is 205 g/mol. The molecule has 0 amide bonds. The van der Waals surface area contributed by atoms with Gasteiger partial charge in [-0.1, -0.05) is 6.42 Å². The van der Waals surface area contributed by atoms with Crippen LogP contribution in [0.5, 0.6) is 0 Å². The van der Waals surface area contributed by atoms with Crippen molar-refractivity contribution in [3.05, 3.63) is 0 Å². The standard InChI is InChI=1S/C10H19F3N2/c1-8(14-2)9-5-3-4-6-15(9)7-10(11,12)13/h8-9,14H,3-7H2,1-2H3. The fourth-order valence-corrected chi connectivity index (χ4v) is 2.20. The zero-order chi connectivity index (χ0) is 11.5. The van der Waals surface area contributed by atoms with Crippen molar-refractivity contribution in [2.45, 2.75) is 44.4 Å². The molecule has 0 bridgehead atoms. The number of likely N-dealkylation sites (N-methyl/N-ethyl adjacent to an activating group) is 1. The van der Waals surface area contributed by atoms with Gasteiger partial charge in [-0.2, -0.15) is 13.2 Å². The Balaban J connectivity index is 2.57. The number of hydrogen-bond donors (Lipinski definition) is 1. The zero-order valence-electron chi connectivity index (χ0n) is 9.27. The van der Waals surface area contributed by atoms with Crippen molar-refractivity contribution in [1.29, 1.82) is 0 Å². The molecule has 0 spiro atoms. The molecule has 0 radical (unpaired) electrons. The molecule has 1 N–H and O–H groups in total. The average Bonchev–Trinajstić information content (AvgIpc) is 2.15. The number of rotatable bonds is 3. The van der Waals surface area contributed by atoms with Gasteiger partial charge in [-0.25, -0.2) is 0 Å². The third kappa shape index (κ3) is 3.99. The van der Waals surface area contributed by atoms with E-state index in [1.165, 1.54) is 0 Å². The molecule has 0 aromatic rings. The molecular formula is C10H19F3N2. The molecule has 2 unspecified atom stereocenters. The summed E-state index contributed by atoms with van der Waals surface area (Å²) in [4.78, 5) is 1.56. The first-order valence-corrected chi connectivity index (χ1v) is 5.42. The molecule has 2 nitrogen and oxygen atoms in total. The maximum Gasteiger partial charge on any atom is 0.401 e. The monoisotopic (exact) mass is 224 g/mol. The molecule has 0 saturated carbocycles. The molecule has 2 atom stereocenters.